The molecule has 3 heteroatoms. The van der Waals surface area contributed by atoms with E-state index in [9.17, 15) is 4.79 Å². The lowest BCUT2D eigenvalue weighted by Gasteiger charge is -2.20. The van der Waals surface area contributed by atoms with Crippen molar-refractivity contribution in [1.29, 1.82) is 0 Å². The Morgan fingerprint density at radius 3 is 3.23 bits per heavy atom. The first kappa shape index (κ1) is 9.13. The Morgan fingerprint density at radius 1 is 1.69 bits per heavy atom. The smallest absolute Gasteiger partial charge is 0.240 e. The van der Waals surface area contributed by atoms with Crippen LogP contribution in [0.25, 0.3) is 0 Å². The highest BCUT2D eigenvalue weighted by Crippen LogP contribution is 2.39. The molecule has 0 radical (unpaired) electrons. The summed E-state index contributed by atoms with van der Waals surface area (Å²) in [4.78, 5) is 13.8. The van der Waals surface area contributed by atoms with Crippen LogP contribution >= 0.6 is 11.8 Å². The van der Waals surface area contributed by atoms with Gasteiger partial charge in [0.05, 0.1) is 10.3 Å². The fourth-order valence-corrected chi connectivity index (χ4v) is 3.24. The molecule has 1 unspecified atom stereocenters. The lowest BCUT2D eigenvalue weighted by molar-refractivity contribution is -0.127. The van der Waals surface area contributed by atoms with Crippen molar-refractivity contribution in [1.82, 2.24) is 4.90 Å². The molecule has 0 aliphatic carbocycles. The summed E-state index contributed by atoms with van der Waals surface area (Å²) in [6, 6.07) is 0. The van der Waals surface area contributed by atoms with Gasteiger partial charge in [-0.3, -0.25) is 4.79 Å². The van der Waals surface area contributed by atoms with Crippen LogP contribution < -0.4 is 0 Å². The Balaban J connectivity index is 2.11. The van der Waals surface area contributed by atoms with Crippen molar-refractivity contribution in [3.05, 3.63) is 11.1 Å². The molecule has 2 aliphatic heterocycles. The second-order valence-corrected chi connectivity index (χ2v) is 4.79. The number of thioether (sulfide) groups is 1. The summed E-state index contributed by atoms with van der Waals surface area (Å²) in [5.41, 5.74) is 0. The molecule has 13 heavy (non-hydrogen) atoms. The zero-order valence-corrected chi connectivity index (χ0v) is 8.77. The Bertz CT molecular complexity index is 249. The predicted octanol–water partition coefficient (Wildman–Crippen LogP) is 2.37. The van der Waals surface area contributed by atoms with Crippen LogP contribution in [0, 0.1) is 0 Å². The Labute approximate surface area is 83.4 Å². The molecular weight excluding hydrogens is 182 g/mol. The van der Waals surface area contributed by atoms with Gasteiger partial charge >= 0.3 is 0 Å². The number of rotatable bonds is 2. The molecule has 0 saturated carbocycles. The molecule has 0 N–H and O–H groups in total. The third kappa shape index (κ3) is 1.62. The quantitative estimate of drug-likeness (QED) is 0.677. The molecule has 0 aromatic rings. The summed E-state index contributed by atoms with van der Waals surface area (Å²) in [5.74, 6) is 0.345. The largest absolute Gasteiger partial charge is 0.306 e. The van der Waals surface area contributed by atoms with Crippen molar-refractivity contribution >= 4 is 17.7 Å². The number of hydrogen-bond acceptors (Lipinski definition) is 2. The molecule has 1 atom stereocenters. The van der Waals surface area contributed by atoms with Crippen LogP contribution in [0.3, 0.4) is 0 Å². The Morgan fingerprint density at radius 2 is 2.54 bits per heavy atom. The average Bonchev–Trinajstić information content (AvgIpc) is 2.46. The maximum absolute atomic E-state index is 11.8. The summed E-state index contributed by atoms with van der Waals surface area (Å²) in [6.45, 7) is 3.08. The van der Waals surface area contributed by atoms with Crippen LogP contribution in [0.5, 0.6) is 0 Å². The lowest BCUT2D eigenvalue weighted by atomic mass is 10.2. The molecule has 0 aromatic heterocycles. The summed E-state index contributed by atoms with van der Waals surface area (Å²) in [7, 11) is 0. The molecule has 2 nitrogen and oxygen atoms in total. The van der Waals surface area contributed by atoms with Gasteiger partial charge in [0.25, 0.3) is 0 Å². The summed E-state index contributed by atoms with van der Waals surface area (Å²) in [6.07, 6.45) is 6.61. The minimum atomic E-state index is 0.217. The zero-order chi connectivity index (χ0) is 9.26. The second kappa shape index (κ2) is 3.74. The number of nitrogens with zero attached hydrogens (tertiary/aromatic N) is 1. The molecule has 1 amide bonds. The van der Waals surface area contributed by atoms with E-state index in [0.29, 0.717) is 5.91 Å². The van der Waals surface area contributed by atoms with Crippen LogP contribution in [0.2, 0.25) is 0 Å². The van der Waals surface area contributed by atoms with E-state index in [1.165, 1.54) is 5.03 Å². The third-order valence-electron chi connectivity index (χ3n) is 2.53. The molecule has 1 fully saturated rings. The number of carbonyl (C=O) groups excluding carboxylic acids is 1. The number of hydrogen-bond donors (Lipinski definition) is 0. The highest BCUT2D eigenvalue weighted by molar-refractivity contribution is 8.04. The van der Waals surface area contributed by atoms with Crippen LogP contribution in [0.1, 0.15) is 32.6 Å². The molecule has 0 bridgehead atoms. The van der Waals surface area contributed by atoms with Gasteiger partial charge in [-0.2, -0.15) is 0 Å². The van der Waals surface area contributed by atoms with E-state index in [2.05, 4.69) is 13.0 Å². The fraction of sp³-hybridized carbons (Fsp3) is 0.700. The van der Waals surface area contributed by atoms with Crippen molar-refractivity contribution in [2.45, 2.75) is 37.9 Å². The van der Waals surface area contributed by atoms with Crippen molar-refractivity contribution < 1.29 is 4.79 Å². The minimum absolute atomic E-state index is 0.217. The van der Waals surface area contributed by atoms with Gasteiger partial charge in [-0.05, 0) is 19.3 Å². The highest BCUT2D eigenvalue weighted by atomic mass is 32.2. The monoisotopic (exact) mass is 197 g/mol. The van der Waals surface area contributed by atoms with Crippen LogP contribution in [-0.2, 0) is 4.79 Å². The number of fused-ring (bicyclic) bond motifs is 1. The van der Waals surface area contributed by atoms with Crippen LogP contribution in [0.15, 0.2) is 11.1 Å². The van der Waals surface area contributed by atoms with Gasteiger partial charge in [-0.25, -0.2) is 0 Å². The molecule has 1 saturated heterocycles. The maximum atomic E-state index is 11.8. The molecule has 2 aliphatic rings. The summed E-state index contributed by atoms with van der Waals surface area (Å²) < 4.78 is 0. The number of carbonyl (C=O) groups is 1. The van der Waals surface area contributed by atoms with Crippen LogP contribution in [-0.4, -0.2) is 22.6 Å². The van der Waals surface area contributed by atoms with E-state index in [0.717, 1.165) is 32.2 Å². The van der Waals surface area contributed by atoms with Gasteiger partial charge in [-0.15, -0.1) is 0 Å². The van der Waals surface area contributed by atoms with Crippen molar-refractivity contribution in [3.8, 4) is 0 Å². The SMILES string of the molecule is CCCC1SC2=CCCCN2C1=O. The van der Waals surface area contributed by atoms with E-state index in [1.54, 1.807) is 11.8 Å². The normalized spacial score (nSPS) is 27.5. The molecule has 2 rings (SSSR count). The van der Waals surface area contributed by atoms with Crippen molar-refractivity contribution in [3.63, 3.8) is 0 Å². The standard InChI is InChI=1S/C10H15NOS/c1-2-5-8-10(12)11-7-4-3-6-9(11)13-8/h6,8H,2-5,7H2,1H3. The second-order valence-electron chi connectivity index (χ2n) is 3.57. The first-order valence-corrected chi connectivity index (χ1v) is 5.89. The first-order chi connectivity index (χ1) is 6.33. The van der Waals surface area contributed by atoms with E-state index in [1.807, 2.05) is 4.90 Å². The Kier molecular flexibility index (Phi) is 2.63. The van der Waals surface area contributed by atoms with Gasteiger partial charge in [0, 0.05) is 6.54 Å². The van der Waals surface area contributed by atoms with E-state index in [-0.39, 0.29) is 5.25 Å². The molecule has 2 heterocycles. The van der Waals surface area contributed by atoms with Gasteiger partial charge in [-0.1, -0.05) is 31.2 Å². The average molecular weight is 197 g/mol. The third-order valence-corrected chi connectivity index (χ3v) is 3.88. The fourth-order valence-electron chi connectivity index (χ4n) is 1.84. The first-order valence-electron chi connectivity index (χ1n) is 5.01. The van der Waals surface area contributed by atoms with Gasteiger partial charge in [0.1, 0.15) is 0 Å². The minimum Gasteiger partial charge on any atom is -0.306 e. The lowest BCUT2D eigenvalue weighted by Crippen LogP contribution is -2.30. The maximum Gasteiger partial charge on any atom is 0.240 e. The van der Waals surface area contributed by atoms with E-state index >= 15 is 0 Å². The summed E-state index contributed by atoms with van der Waals surface area (Å²) >= 11 is 1.76. The zero-order valence-electron chi connectivity index (χ0n) is 7.95. The summed E-state index contributed by atoms with van der Waals surface area (Å²) in [5, 5.41) is 1.43. The van der Waals surface area contributed by atoms with Gasteiger partial charge < -0.3 is 4.90 Å². The van der Waals surface area contributed by atoms with E-state index in [4.69, 9.17) is 0 Å². The van der Waals surface area contributed by atoms with Gasteiger partial charge in [0.2, 0.25) is 5.91 Å². The molecule has 0 aromatic carbocycles. The highest BCUT2D eigenvalue weighted by Gasteiger charge is 2.36. The number of allylic oxidation sites excluding steroid dienone is 1. The molecule has 0 spiro atoms. The Hall–Kier alpha value is -0.440. The van der Waals surface area contributed by atoms with Crippen LogP contribution in [0.4, 0.5) is 0 Å². The molecule has 72 valence electrons. The number of amides is 1. The topological polar surface area (TPSA) is 20.3 Å². The molecular formula is C10H15NOS. The van der Waals surface area contributed by atoms with Gasteiger partial charge in [0.15, 0.2) is 0 Å². The predicted molar refractivity (Wildman–Crippen MR) is 55.3 cm³/mol. The van der Waals surface area contributed by atoms with E-state index < -0.39 is 0 Å². The van der Waals surface area contributed by atoms with Crippen molar-refractivity contribution in [2.75, 3.05) is 6.54 Å². The van der Waals surface area contributed by atoms with Crippen molar-refractivity contribution in [2.24, 2.45) is 0 Å².